The molecule has 2 aromatic rings. The van der Waals surface area contributed by atoms with Gasteiger partial charge in [0.25, 0.3) is 0 Å². The van der Waals surface area contributed by atoms with E-state index in [4.69, 9.17) is 12.2 Å². The summed E-state index contributed by atoms with van der Waals surface area (Å²) in [5.74, 6) is 1.48. The predicted molar refractivity (Wildman–Crippen MR) is 76.3 cm³/mol. The van der Waals surface area contributed by atoms with Crippen LogP contribution in [-0.2, 0) is 0 Å². The minimum Gasteiger partial charge on any atom is -0.330 e. The van der Waals surface area contributed by atoms with E-state index in [1.54, 1.807) is 6.07 Å². The van der Waals surface area contributed by atoms with E-state index in [1.807, 2.05) is 13.0 Å². The number of fused-ring (bicyclic) bond motifs is 3. The molecule has 0 aliphatic heterocycles. The number of hydrogen-bond donors (Lipinski definition) is 1. The molecule has 4 rings (SSSR count). The highest BCUT2D eigenvalue weighted by Crippen LogP contribution is 2.51. The molecule has 4 heteroatoms. The number of rotatable bonds is 1. The third-order valence-corrected chi connectivity index (χ3v) is 5.33. The number of aromatic nitrogens is 2. The van der Waals surface area contributed by atoms with Crippen molar-refractivity contribution in [3.63, 3.8) is 0 Å². The van der Waals surface area contributed by atoms with Crippen molar-refractivity contribution in [3.05, 3.63) is 28.3 Å². The van der Waals surface area contributed by atoms with Gasteiger partial charge in [-0.15, -0.1) is 0 Å². The molecule has 2 nitrogen and oxygen atoms in total. The van der Waals surface area contributed by atoms with Crippen LogP contribution in [0.2, 0.25) is 0 Å². The molecule has 3 unspecified atom stereocenters. The molecule has 2 aliphatic carbocycles. The Labute approximate surface area is 116 Å². The summed E-state index contributed by atoms with van der Waals surface area (Å²) in [5.41, 5.74) is 2.59. The average Bonchev–Trinajstić information content (AvgIpc) is 3.03. The SMILES string of the molecule is Cc1cc2c(cc1F)[nH]c(=S)n2C1CC2CCC1C2. The summed E-state index contributed by atoms with van der Waals surface area (Å²) >= 11 is 5.48. The van der Waals surface area contributed by atoms with Gasteiger partial charge in [-0.25, -0.2) is 4.39 Å². The molecule has 0 radical (unpaired) electrons. The number of benzene rings is 1. The zero-order valence-electron chi connectivity index (χ0n) is 10.9. The van der Waals surface area contributed by atoms with Gasteiger partial charge in [0.05, 0.1) is 11.0 Å². The van der Waals surface area contributed by atoms with Crippen LogP contribution in [-0.4, -0.2) is 9.55 Å². The van der Waals surface area contributed by atoms with E-state index in [9.17, 15) is 4.39 Å². The fraction of sp³-hybridized carbons (Fsp3) is 0.533. The summed E-state index contributed by atoms with van der Waals surface area (Å²) in [6, 6.07) is 4.03. The molecule has 2 saturated carbocycles. The van der Waals surface area contributed by atoms with Gasteiger partial charge in [0.15, 0.2) is 4.77 Å². The number of hydrogen-bond acceptors (Lipinski definition) is 1. The molecule has 0 amide bonds. The first-order valence-electron chi connectivity index (χ1n) is 7.04. The Hall–Kier alpha value is -1.16. The number of nitrogens with one attached hydrogen (secondary N) is 1. The molecular formula is C15H17FN2S. The van der Waals surface area contributed by atoms with Crippen LogP contribution < -0.4 is 0 Å². The Bertz CT molecular complexity index is 715. The van der Waals surface area contributed by atoms with E-state index >= 15 is 0 Å². The monoisotopic (exact) mass is 276 g/mol. The molecule has 2 fully saturated rings. The molecule has 1 N–H and O–H groups in total. The standard InChI is InChI=1S/C15H17FN2S/c1-8-4-14-12(7-11(8)16)17-15(19)18(14)13-6-9-2-3-10(13)5-9/h4,7,9-10,13H,2-3,5-6H2,1H3,(H,17,19). The first-order chi connectivity index (χ1) is 9.13. The fourth-order valence-electron chi connectivity index (χ4n) is 4.11. The smallest absolute Gasteiger partial charge is 0.178 e. The summed E-state index contributed by atoms with van der Waals surface area (Å²) in [5, 5.41) is 0. The predicted octanol–water partition coefficient (Wildman–Crippen LogP) is 4.51. The molecule has 1 heterocycles. The van der Waals surface area contributed by atoms with E-state index < -0.39 is 0 Å². The van der Waals surface area contributed by atoms with Crippen LogP contribution in [0.1, 0.15) is 37.3 Å². The lowest BCUT2D eigenvalue weighted by Gasteiger charge is -2.24. The van der Waals surface area contributed by atoms with Crippen molar-refractivity contribution in [2.45, 2.75) is 38.6 Å². The zero-order valence-corrected chi connectivity index (χ0v) is 11.8. The Kier molecular flexibility index (Phi) is 2.40. The maximum Gasteiger partial charge on any atom is 0.178 e. The Morgan fingerprint density at radius 3 is 2.84 bits per heavy atom. The van der Waals surface area contributed by atoms with Crippen molar-refractivity contribution < 1.29 is 4.39 Å². The second-order valence-electron chi connectivity index (χ2n) is 6.16. The second-order valence-corrected chi connectivity index (χ2v) is 6.55. The van der Waals surface area contributed by atoms with Gasteiger partial charge < -0.3 is 9.55 Å². The van der Waals surface area contributed by atoms with Crippen LogP contribution >= 0.6 is 12.2 Å². The van der Waals surface area contributed by atoms with E-state index in [2.05, 4.69) is 9.55 Å². The molecule has 19 heavy (non-hydrogen) atoms. The Morgan fingerprint density at radius 2 is 2.16 bits per heavy atom. The second kappa shape index (κ2) is 3.92. The van der Waals surface area contributed by atoms with E-state index in [-0.39, 0.29) is 5.82 Å². The summed E-state index contributed by atoms with van der Waals surface area (Å²) in [7, 11) is 0. The maximum atomic E-state index is 13.7. The van der Waals surface area contributed by atoms with Crippen LogP contribution in [0, 0.1) is 29.3 Å². The van der Waals surface area contributed by atoms with Crippen LogP contribution in [0.5, 0.6) is 0 Å². The molecular weight excluding hydrogens is 259 g/mol. The first kappa shape index (κ1) is 11.6. The fourth-order valence-corrected chi connectivity index (χ4v) is 4.45. The minimum atomic E-state index is -0.163. The van der Waals surface area contributed by atoms with Crippen molar-refractivity contribution in [2.24, 2.45) is 11.8 Å². The van der Waals surface area contributed by atoms with Gasteiger partial charge in [-0.3, -0.25) is 0 Å². The van der Waals surface area contributed by atoms with Crippen LogP contribution in [0.25, 0.3) is 11.0 Å². The lowest BCUT2D eigenvalue weighted by atomic mass is 9.95. The topological polar surface area (TPSA) is 20.7 Å². The molecule has 3 atom stereocenters. The van der Waals surface area contributed by atoms with Crippen molar-refractivity contribution in [2.75, 3.05) is 0 Å². The number of H-pyrrole nitrogens is 1. The third kappa shape index (κ3) is 1.62. The van der Waals surface area contributed by atoms with Crippen molar-refractivity contribution in [3.8, 4) is 0 Å². The van der Waals surface area contributed by atoms with Crippen molar-refractivity contribution >= 4 is 23.3 Å². The molecule has 2 bridgehead atoms. The van der Waals surface area contributed by atoms with Gasteiger partial charge in [-0.1, -0.05) is 6.42 Å². The van der Waals surface area contributed by atoms with Crippen LogP contribution in [0.15, 0.2) is 12.1 Å². The van der Waals surface area contributed by atoms with Crippen LogP contribution in [0.3, 0.4) is 0 Å². The Balaban J connectivity index is 1.92. The van der Waals surface area contributed by atoms with Gasteiger partial charge >= 0.3 is 0 Å². The molecule has 1 aromatic carbocycles. The summed E-state index contributed by atoms with van der Waals surface area (Å²) in [4.78, 5) is 3.17. The van der Waals surface area contributed by atoms with E-state index in [0.29, 0.717) is 11.6 Å². The summed E-state index contributed by atoms with van der Waals surface area (Å²) < 4.78 is 16.7. The van der Waals surface area contributed by atoms with Gasteiger partial charge in [0.1, 0.15) is 5.82 Å². The molecule has 0 spiro atoms. The van der Waals surface area contributed by atoms with Gasteiger partial charge in [-0.2, -0.15) is 0 Å². The highest BCUT2D eigenvalue weighted by molar-refractivity contribution is 7.71. The molecule has 0 saturated heterocycles. The van der Waals surface area contributed by atoms with Gasteiger partial charge in [-0.05, 0) is 67.9 Å². The number of aromatic amines is 1. The number of halogens is 1. The maximum absolute atomic E-state index is 13.7. The number of aryl methyl sites for hydroxylation is 1. The first-order valence-corrected chi connectivity index (χ1v) is 7.44. The largest absolute Gasteiger partial charge is 0.330 e. The molecule has 1 aromatic heterocycles. The third-order valence-electron chi connectivity index (χ3n) is 5.03. The number of nitrogens with zero attached hydrogens (tertiary/aromatic N) is 1. The van der Waals surface area contributed by atoms with Crippen molar-refractivity contribution in [1.82, 2.24) is 9.55 Å². The zero-order chi connectivity index (χ0) is 13.1. The summed E-state index contributed by atoms with van der Waals surface area (Å²) in [6.07, 6.45) is 5.29. The van der Waals surface area contributed by atoms with Gasteiger partial charge in [0.2, 0.25) is 0 Å². The highest BCUT2D eigenvalue weighted by atomic mass is 32.1. The lowest BCUT2D eigenvalue weighted by Crippen LogP contribution is -2.16. The van der Waals surface area contributed by atoms with Crippen LogP contribution in [0.4, 0.5) is 4.39 Å². The van der Waals surface area contributed by atoms with E-state index in [0.717, 1.165) is 27.6 Å². The summed E-state index contributed by atoms with van der Waals surface area (Å²) in [6.45, 7) is 1.82. The quantitative estimate of drug-likeness (QED) is 0.760. The normalized spacial score (nSPS) is 29.5. The van der Waals surface area contributed by atoms with Crippen molar-refractivity contribution in [1.29, 1.82) is 0 Å². The highest BCUT2D eigenvalue weighted by Gasteiger charge is 2.41. The number of imidazole rings is 1. The molecule has 100 valence electrons. The minimum absolute atomic E-state index is 0.163. The van der Waals surface area contributed by atoms with Gasteiger partial charge in [0, 0.05) is 6.04 Å². The van der Waals surface area contributed by atoms with E-state index in [1.165, 1.54) is 25.7 Å². The lowest BCUT2D eigenvalue weighted by molar-refractivity contribution is 0.333. The molecule has 2 aliphatic rings. The average molecular weight is 276 g/mol. The Morgan fingerprint density at radius 1 is 1.32 bits per heavy atom.